The van der Waals surface area contributed by atoms with E-state index < -0.39 is 6.10 Å². The number of aliphatic hydroxyl groups excluding tert-OH is 1. The Bertz CT molecular complexity index is 944. The maximum atomic E-state index is 12.2. The lowest BCUT2D eigenvalue weighted by atomic mass is 10.1. The highest BCUT2D eigenvalue weighted by atomic mass is 35.5. The molecule has 0 aliphatic rings. The van der Waals surface area contributed by atoms with Crippen molar-refractivity contribution in [2.75, 3.05) is 11.9 Å². The minimum atomic E-state index is -0.727. The van der Waals surface area contributed by atoms with E-state index in [0.29, 0.717) is 35.9 Å². The highest BCUT2D eigenvalue weighted by molar-refractivity contribution is 6.30. The van der Waals surface area contributed by atoms with Crippen molar-refractivity contribution in [2.45, 2.75) is 46.1 Å². The average molecular weight is 446 g/mol. The zero-order valence-corrected chi connectivity index (χ0v) is 18.7. The first-order chi connectivity index (χ1) is 14.7. The fourth-order valence-corrected chi connectivity index (χ4v) is 2.99. The van der Waals surface area contributed by atoms with Gasteiger partial charge in [0, 0.05) is 17.1 Å². The van der Waals surface area contributed by atoms with Crippen molar-refractivity contribution < 1.29 is 19.4 Å². The summed E-state index contributed by atoms with van der Waals surface area (Å²) in [6, 6.07) is 12.6. The highest BCUT2D eigenvalue weighted by Gasteiger charge is 2.07. The molecule has 0 spiro atoms. The van der Waals surface area contributed by atoms with Gasteiger partial charge in [0.15, 0.2) is 0 Å². The van der Waals surface area contributed by atoms with Gasteiger partial charge in [-0.05, 0) is 68.7 Å². The zero-order chi connectivity index (χ0) is 22.8. The molecule has 0 heterocycles. The molecule has 1 atom stereocenters. The fraction of sp³-hybridized carbons (Fsp3) is 0.348. The number of benzene rings is 2. The molecule has 2 rings (SSSR count). The molecule has 7 nitrogen and oxygen atoms in total. The molecule has 3 N–H and O–H groups in total. The molecule has 0 aliphatic carbocycles. The summed E-state index contributed by atoms with van der Waals surface area (Å²) in [5, 5.41) is 16.8. The molecule has 0 aromatic heterocycles. The summed E-state index contributed by atoms with van der Waals surface area (Å²) in [6.45, 7) is 5.63. The van der Waals surface area contributed by atoms with E-state index in [9.17, 15) is 14.7 Å². The van der Waals surface area contributed by atoms with Crippen molar-refractivity contribution in [1.82, 2.24) is 5.43 Å². The molecule has 2 amide bonds. The van der Waals surface area contributed by atoms with E-state index in [2.05, 4.69) is 15.8 Å². The number of anilines is 1. The molecule has 0 radical (unpaired) electrons. The second kappa shape index (κ2) is 12.1. The largest absolute Gasteiger partial charge is 0.493 e. The van der Waals surface area contributed by atoms with E-state index in [4.69, 9.17) is 16.3 Å². The van der Waals surface area contributed by atoms with Gasteiger partial charge in [-0.2, -0.15) is 5.10 Å². The summed E-state index contributed by atoms with van der Waals surface area (Å²) in [5.41, 5.74) is 5.35. The first-order valence-electron chi connectivity index (χ1n) is 10.0. The number of amides is 2. The number of hydrogen-bond acceptors (Lipinski definition) is 5. The molecule has 0 fully saturated rings. The molecule has 0 saturated heterocycles. The summed E-state index contributed by atoms with van der Waals surface area (Å²) in [6.07, 6.45) is 0.145. The monoisotopic (exact) mass is 445 g/mol. The zero-order valence-electron chi connectivity index (χ0n) is 17.9. The number of hydrazone groups is 1. The van der Waals surface area contributed by atoms with Gasteiger partial charge in [-0.25, -0.2) is 5.43 Å². The predicted octanol–water partition coefficient (Wildman–Crippen LogP) is 4.06. The van der Waals surface area contributed by atoms with Gasteiger partial charge in [-0.3, -0.25) is 9.59 Å². The third-order valence-corrected chi connectivity index (χ3v) is 4.57. The van der Waals surface area contributed by atoms with Crippen LogP contribution in [0.25, 0.3) is 0 Å². The lowest BCUT2D eigenvalue weighted by molar-refractivity contribution is -0.122. The lowest BCUT2D eigenvalue weighted by Gasteiger charge is -2.10. The Balaban J connectivity index is 1.81. The molecular weight excluding hydrogens is 418 g/mol. The van der Waals surface area contributed by atoms with E-state index in [1.54, 1.807) is 31.2 Å². The van der Waals surface area contributed by atoms with Gasteiger partial charge in [0.2, 0.25) is 11.8 Å². The van der Waals surface area contributed by atoms with Crippen LogP contribution in [0.1, 0.15) is 44.2 Å². The fourth-order valence-electron chi connectivity index (χ4n) is 2.76. The van der Waals surface area contributed by atoms with Crippen LogP contribution >= 0.6 is 11.6 Å². The van der Waals surface area contributed by atoms with Crippen molar-refractivity contribution in [3.05, 3.63) is 58.6 Å². The first kappa shape index (κ1) is 24.4. The Kier molecular flexibility index (Phi) is 9.49. The maximum absolute atomic E-state index is 12.2. The molecule has 0 bridgehead atoms. The van der Waals surface area contributed by atoms with Gasteiger partial charge in [0.25, 0.3) is 0 Å². The van der Waals surface area contributed by atoms with Gasteiger partial charge < -0.3 is 15.2 Å². The van der Waals surface area contributed by atoms with Gasteiger partial charge in [0.05, 0.1) is 24.8 Å². The minimum Gasteiger partial charge on any atom is -0.493 e. The van der Waals surface area contributed by atoms with E-state index in [-0.39, 0.29) is 18.2 Å². The Morgan fingerprint density at radius 3 is 2.68 bits per heavy atom. The Labute approximate surface area is 187 Å². The van der Waals surface area contributed by atoms with Gasteiger partial charge in [-0.15, -0.1) is 0 Å². The quantitative estimate of drug-likeness (QED) is 0.291. The van der Waals surface area contributed by atoms with Crippen LogP contribution in [-0.4, -0.2) is 35.3 Å². The number of aryl methyl sites for hydroxylation is 1. The molecule has 8 heteroatoms. The van der Waals surface area contributed by atoms with Crippen LogP contribution in [-0.2, 0) is 9.59 Å². The van der Waals surface area contributed by atoms with Gasteiger partial charge >= 0.3 is 0 Å². The Hall–Kier alpha value is -2.90. The summed E-state index contributed by atoms with van der Waals surface area (Å²) < 4.78 is 5.71. The van der Waals surface area contributed by atoms with Crippen molar-refractivity contribution in [3.63, 3.8) is 0 Å². The molecular formula is C23H28ClN3O4. The lowest BCUT2D eigenvalue weighted by Crippen LogP contribution is -2.23. The van der Waals surface area contributed by atoms with E-state index >= 15 is 0 Å². The molecule has 166 valence electrons. The van der Waals surface area contributed by atoms with Crippen LogP contribution in [0.5, 0.6) is 5.75 Å². The number of carbonyl (C=O) groups is 2. The number of nitrogens with one attached hydrogen (secondary N) is 2. The van der Waals surface area contributed by atoms with Crippen molar-refractivity contribution in [2.24, 2.45) is 5.10 Å². The number of ether oxygens (including phenoxy) is 1. The standard InChI is InChI=1S/C23H28ClN3O4/c1-15-12-19(24)9-10-21(15)31-11-5-8-22(29)25-20-7-4-6-18(14-20)17(3)26-27-23(30)13-16(2)28/h4,6-7,9-10,12,14,16,28H,5,8,11,13H2,1-3H3,(H,25,29)(H,27,30)/b26-17+. The Morgan fingerprint density at radius 1 is 1.19 bits per heavy atom. The van der Waals surface area contributed by atoms with E-state index in [1.807, 2.05) is 25.1 Å². The van der Waals surface area contributed by atoms with Crippen molar-refractivity contribution in [1.29, 1.82) is 0 Å². The number of rotatable bonds is 10. The SMILES string of the molecule is C/C(=N\NC(=O)CC(C)O)c1cccc(NC(=O)CCCOc2ccc(Cl)cc2C)c1. The number of hydrogen-bond donors (Lipinski definition) is 3. The smallest absolute Gasteiger partial charge is 0.242 e. The van der Waals surface area contributed by atoms with Crippen LogP contribution in [0.3, 0.4) is 0 Å². The van der Waals surface area contributed by atoms with Gasteiger partial charge in [-0.1, -0.05) is 23.7 Å². The maximum Gasteiger partial charge on any atom is 0.242 e. The second-order valence-electron chi connectivity index (χ2n) is 7.28. The molecule has 2 aromatic rings. The van der Waals surface area contributed by atoms with Gasteiger partial charge in [0.1, 0.15) is 5.75 Å². The number of carbonyl (C=O) groups excluding carboxylic acids is 2. The van der Waals surface area contributed by atoms with Crippen molar-refractivity contribution in [3.8, 4) is 5.75 Å². The first-order valence-corrected chi connectivity index (χ1v) is 10.4. The molecule has 31 heavy (non-hydrogen) atoms. The van der Waals surface area contributed by atoms with Crippen LogP contribution in [0, 0.1) is 6.92 Å². The van der Waals surface area contributed by atoms with Crippen LogP contribution < -0.4 is 15.5 Å². The Morgan fingerprint density at radius 2 is 1.97 bits per heavy atom. The minimum absolute atomic E-state index is 0.0197. The predicted molar refractivity (Wildman–Crippen MR) is 123 cm³/mol. The summed E-state index contributed by atoms with van der Waals surface area (Å²) in [5.74, 6) is 0.274. The molecule has 2 aromatic carbocycles. The third kappa shape index (κ3) is 8.78. The van der Waals surface area contributed by atoms with Crippen LogP contribution in [0.2, 0.25) is 5.02 Å². The van der Waals surface area contributed by atoms with E-state index in [0.717, 1.165) is 16.9 Å². The van der Waals surface area contributed by atoms with Crippen LogP contribution in [0.15, 0.2) is 47.6 Å². The number of nitrogens with zero attached hydrogens (tertiary/aromatic N) is 1. The molecule has 1 unspecified atom stereocenters. The summed E-state index contributed by atoms with van der Waals surface area (Å²) >= 11 is 5.93. The van der Waals surface area contributed by atoms with Crippen LogP contribution in [0.4, 0.5) is 5.69 Å². The van der Waals surface area contributed by atoms with E-state index in [1.165, 1.54) is 6.92 Å². The highest BCUT2D eigenvalue weighted by Crippen LogP contribution is 2.22. The second-order valence-corrected chi connectivity index (χ2v) is 7.71. The average Bonchev–Trinajstić information content (AvgIpc) is 2.70. The summed E-state index contributed by atoms with van der Waals surface area (Å²) in [4.78, 5) is 23.8. The normalized spacial score (nSPS) is 12.2. The molecule has 0 aliphatic heterocycles. The summed E-state index contributed by atoms with van der Waals surface area (Å²) in [7, 11) is 0. The van der Waals surface area contributed by atoms with Crippen molar-refractivity contribution >= 4 is 34.8 Å². The number of aliphatic hydroxyl groups is 1. The topological polar surface area (TPSA) is 100 Å². The molecule has 0 saturated carbocycles. The third-order valence-electron chi connectivity index (χ3n) is 4.34. The number of halogens is 1.